The van der Waals surface area contributed by atoms with Gasteiger partial charge >= 0.3 is 0 Å². The molecule has 0 atom stereocenters. The first-order chi connectivity index (χ1) is 9.74. The number of aromatic nitrogens is 5. The summed E-state index contributed by atoms with van der Waals surface area (Å²) in [5.74, 6) is 0.893. The van der Waals surface area contributed by atoms with Crippen LogP contribution in [0.1, 0.15) is 11.5 Å². The summed E-state index contributed by atoms with van der Waals surface area (Å²) in [6.07, 6.45) is 4.90. The van der Waals surface area contributed by atoms with Crippen LogP contribution in [0.2, 0.25) is 5.02 Å². The first-order valence-corrected chi connectivity index (χ1v) is 6.49. The molecule has 20 heavy (non-hydrogen) atoms. The van der Waals surface area contributed by atoms with Gasteiger partial charge in [-0.1, -0.05) is 17.7 Å². The van der Waals surface area contributed by atoms with Crippen LogP contribution >= 0.6 is 11.6 Å². The lowest BCUT2D eigenvalue weighted by atomic mass is 10.2. The van der Waals surface area contributed by atoms with Gasteiger partial charge in [0.2, 0.25) is 0 Å². The number of benzene rings is 1. The van der Waals surface area contributed by atoms with Crippen molar-refractivity contribution in [1.29, 1.82) is 0 Å². The minimum absolute atomic E-state index is 0.612. The van der Waals surface area contributed by atoms with E-state index in [9.17, 15) is 0 Å². The summed E-state index contributed by atoms with van der Waals surface area (Å²) < 4.78 is 1.64. The normalized spacial score (nSPS) is 10.7. The van der Waals surface area contributed by atoms with E-state index in [0.29, 0.717) is 11.6 Å². The third kappa shape index (κ3) is 2.50. The minimum Gasteiger partial charge on any atom is -0.378 e. The molecule has 7 heteroatoms. The molecular formula is C13H13ClN6. The zero-order chi connectivity index (χ0) is 13.9. The number of nitrogens with one attached hydrogen (secondary N) is 2. The van der Waals surface area contributed by atoms with E-state index in [4.69, 9.17) is 11.6 Å². The summed E-state index contributed by atoms with van der Waals surface area (Å²) in [6.45, 7) is 2.55. The number of aryl methyl sites for hydroxylation is 1. The Morgan fingerprint density at radius 3 is 3.00 bits per heavy atom. The topological polar surface area (TPSA) is 71.4 Å². The monoisotopic (exact) mass is 288 g/mol. The largest absolute Gasteiger partial charge is 0.378 e. The number of H-pyrrole nitrogens is 1. The minimum atomic E-state index is 0.612. The molecule has 0 aliphatic heterocycles. The van der Waals surface area contributed by atoms with Crippen LogP contribution in [-0.2, 0) is 6.54 Å². The SMILES string of the molecule is Cc1ncc(CNc2cccc(Cl)c2-n2cncn2)[nH]1. The molecule has 0 aliphatic carbocycles. The van der Waals surface area contributed by atoms with Gasteiger partial charge in [0.05, 0.1) is 29.1 Å². The highest BCUT2D eigenvalue weighted by Crippen LogP contribution is 2.27. The summed E-state index contributed by atoms with van der Waals surface area (Å²) in [5, 5.41) is 8.07. The Labute approximate surface area is 120 Å². The molecule has 0 bridgehead atoms. The highest BCUT2D eigenvalue weighted by Gasteiger charge is 2.10. The molecule has 0 amide bonds. The molecule has 3 aromatic rings. The summed E-state index contributed by atoms with van der Waals surface area (Å²) >= 11 is 6.26. The van der Waals surface area contributed by atoms with Crippen LogP contribution in [0.25, 0.3) is 5.69 Å². The number of anilines is 1. The molecule has 0 aliphatic rings. The second-order valence-electron chi connectivity index (χ2n) is 4.32. The van der Waals surface area contributed by atoms with Crippen LogP contribution in [0.3, 0.4) is 0 Å². The predicted octanol–water partition coefficient (Wildman–Crippen LogP) is 2.56. The van der Waals surface area contributed by atoms with Gasteiger partial charge in [-0.2, -0.15) is 5.10 Å². The standard InChI is InChI=1S/C13H13ClN6/c1-9-16-5-10(19-9)6-17-12-4-2-3-11(14)13(12)20-8-15-7-18-20/h2-5,7-8,17H,6H2,1H3,(H,16,19). The van der Waals surface area contributed by atoms with Gasteiger partial charge in [-0.15, -0.1) is 0 Å². The van der Waals surface area contributed by atoms with Crippen molar-refractivity contribution in [1.82, 2.24) is 24.7 Å². The van der Waals surface area contributed by atoms with Gasteiger partial charge in [0.1, 0.15) is 24.2 Å². The molecule has 2 heterocycles. The van der Waals surface area contributed by atoms with Crippen LogP contribution < -0.4 is 5.32 Å². The molecule has 0 fully saturated rings. The maximum absolute atomic E-state index is 6.26. The Hall–Kier alpha value is -2.34. The fourth-order valence-corrected chi connectivity index (χ4v) is 2.23. The van der Waals surface area contributed by atoms with E-state index in [0.717, 1.165) is 22.9 Å². The summed E-state index contributed by atoms with van der Waals surface area (Å²) in [5.41, 5.74) is 2.67. The molecule has 0 saturated carbocycles. The van der Waals surface area contributed by atoms with Crippen molar-refractivity contribution < 1.29 is 0 Å². The maximum atomic E-state index is 6.26. The van der Waals surface area contributed by atoms with Crippen molar-refractivity contribution >= 4 is 17.3 Å². The Balaban J connectivity index is 1.88. The van der Waals surface area contributed by atoms with E-state index in [-0.39, 0.29) is 0 Å². The van der Waals surface area contributed by atoms with E-state index in [1.165, 1.54) is 6.33 Å². The first kappa shape index (κ1) is 12.7. The number of nitrogens with zero attached hydrogens (tertiary/aromatic N) is 4. The lowest BCUT2D eigenvalue weighted by molar-refractivity contribution is 0.877. The average Bonchev–Trinajstić information content (AvgIpc) is 3.08. The van der Waals surface area contributed by atoms with Crippen LogP contribution in [0.15, 0.2) is 37.1 Å². The van der Waals surface area contributed by atoms with E-state index in [2.05, 4.69) is 25.4 Å². The molecular weight excluding hydrogens is 276 g/mol. The Morgan fingerprint density at radius 1 is 1.40 bits per heavy atom. The third-order valence-corrected chi connectivity index (χ3v) is 3.16. The molecule has 0 saturated heterocycles. The number of rotatable bonds is 4. The first-order valence-electron chi connectivity index (χ1n) is 6.12. The zero-order valence-electron chi connectivity index (χ0n) is 10.8. The van der Waals surface area contributed by atoms with Gasteiger partial charge in [-0.3, -0.25) is 0 Å². The highest BCUT2D eigenvalue weighted by molar-refractivity contribution is 6.33. The summed E-state index contributed by atoms with van der Waals surface area (Å²) in [4.78, 5) is 11.3. The molecule has 2 N–H and O–H groups in total. The fraction of sp³-hybridized carbons (Fsp3) is 0.154. The number of para-hydroxylation sites is 1. The molecule has 0 radical (unpaired) electrons. The van der Waals surface area contributed by atoms with E-state index >= 15 is 0 Å². The number of aromatic amines is 1. The predicted molar refractivity (Wildman–Crippen MR) is 77.0 cm³/mol. The van der Waals surface area contributed by atoms with Gasteiger partial charge in [-0.25, -0.2) is 14.6 Å². The smallest absolute Gasteiger partial charge is 0.138 e. The molecule has 6 nitrogen and oxygen atoms in total. The molecule has 0 spiro atoms. The Bertz CT molecular complexity index is 703. The number of hydrogen-bond acceptors (Lipinski definition) is 4. The Morgan fingerprint density at radius 2 is 2.30 bits per heavy atom. The van der Waals surface area contributed by atoms with Gasteiger partial charge in [-0.05, 0) is 19.1 Å². The number of imidazole rings is 1. The van der Waals surface area contributed by atoms with Gasteiger partial charge in [0.25, 0.3) is 0 Å². The van der Waals surface area contributed by atoms with Crippen LogP contribution in [0, 0.1) is 6.92 Å². The van der Waals surface area contributed by atoms with Crippen LogP contribution in [-0.4, -0.2) is 24.7 Å². The summed E-state index contributed by atoms with van der Waals surface area (Å²) in [7, 11) is 0. The maximum Gasteiger partial charge on any atom is 0.138 e. The second kappa shape index (κ2) is 5.34. The lowest BCUT2D eigenvalue weighted by Gasteiger charge is -2.12. The van der Waals surface area contributed by atoms with Crippen molar-refractivity contribution in [2.75, 3.05) is 5.32 Å². The van der Waals surface area contributed by atoms with Crippen molar-refractivity contribution in [3.05, 3.63) is 53.6 Å². The second-order valence-corrected chi connectivity index (χ2v) is 4.73. The number of hydrogen-bond donors (Lipinski definition) is 2. The van der Waals surface area contributed by atoms with E-state index in [1.54, 1.807) is 11.0 Å². The molecule has 2 aromatic heterocycles. The van der Waals surface area contributed by atoms with Crippen molar-refractivity contribution in [2.45, 2.75) is 13.5 Å². The average molecular weight is 289 g/mol. The quantitative estimate of drug-likeness (QED) is 0.774. The molecule has 0 unspecified atom stereocenters. The molecule has 102 valence electrons. The molecule has 1 aromatic carbocycles. The third-order valence-electron chi connectivity index (χ3n) is 2.86. The van der Waals surface area contributed by atoms with E-state index < -0.39 is 0 Å². The van der Waals surface area contributed by atoms with Crippen molar-refractivity contribution in [2.24, 2.45) is 0 Å². The molecule has 3 rings (SSSR count). The fourth-order valence-electron chi connectivity index (χ4n) is 1.97. The zero-order valence-corrected chi connectivity index (χ0v) is 11.6. The van der Waals surface area contributed by atoms with Crippen molar-refractivity contribution in [3.8, 4) is 5.69 Å². The van der Waals surface area contributed by atoms with Gasteiger partial charge in [0.15, 0.2) is 0 Å². The lowest BCUT2D eigenvalue weighted by Crippen LogP contribution is -2.05. The highest BCUT2D eigenvalue weighted by atomic mass is 35.5. The van der Waals surface area contributed by atoms with E-state index in [1.807, 2.05) is 31.3 Å². The van der Waals surface area contributed by atoms with Gasteiger partial charge < -0.3 is 10.3 Å². The van der Waals surface area contributed by atoms with Crippen LogP contribution in [0.5, 0.6) is 0 Å². The Kier molecular flexibility index (Phi) is 3.39. The van der Waals surface area contributed by atoms with Crippen LogP contribution in [0.4, 0.5) is 5.69 Å². The van der Waals surface area contributed by atoms with Crippen molar-refractivity contribution in [3.63, 3.8) is 0 Å². The summed E-state index contributed by atoms with van der Waals surface area (Å²) in [6, 6.07) is 5.67. The van der Waals surface area contributed by atoms with Gasteiger partial charge in [0, 0.05) is 0 Å². The number of halogens is 1.